The van der Waals surface area contributed by atoms with E-state index in [1.54, 1.807) is 0 Å². The van der Waals surface area contributed by atoms with Gasteiger partial charge in [0.15, 0.2) is 11.4 Å². The van der Waals surface area contributed by atoms with Crippen molar-refractivity contribution in [3.05, 3.63) is 35.9 Å². The molecule has 0 spiro atoms. The van der Waals surface area contributed by atoms with E-state index in [9.17, 15) is 0 Å². The van der Waals surface area contributed by atoms with Gasteiger partial charge in [-0.25, -0.2) is 0 Å². The first-order chi connectivity index (χ1) is 9.13. The maximum atomic E-state index is 5.62. The molecule has 0 unspecified atom stereocenters. The van der Waals surface area contributed by atoms with Crippen LogP contribution in [0.2, 0.25) is 0 Å². The quantitative estimate of drug-likeness (QED) is 0.831. The van der Waals surface area contributed by atoms with Gasteiger partial charge in [-0.2, -0.15) is 0 Å². The third-order valence-electron chi connectivity index (χ3n) is 2.91. The maximum absolute atomic E-state index is 5.62. The van der Waals surface area contributed by atoms with E-state index < -0.39 is 0 Å². The Morgan fingerprint density at radius 1 is 1.26 bits per heavy atom. The molecule has 0 amide bonds. The molecule has 2 N–H and O–H groups in total. The molecule has 0 aromatic heterocycles. The van der Waals surface area contributed by atoms with Crippen LogP contribution in [0.5, 0.6) is 0 Å². The molecule has 0 radical (unpaired) electrons. The minimum absolute atomic E-state index is 0.0884. The van der Waals surface area contributed by atoms with Gasteiger partial charge in [0, 0.05) is 13.0 Å². The molecule has 1 aromatic carbocycles. The lowest BCUT2D eigenvalue weighted by Gasteiger charge is -2.33. The molecule has 1 heterocycles. The topological polar surface area (TPSA) is 42.5 Å². The van der Waals surface area contributed by atoms with Gasteiger partial charge >= 0.3 is 0 Å². The minimum Gasteiger partial charge on any atom is -0.359 e. The fraction of sp³-hybridized carbons (Fsp3) is 0.500. The van der Waals surface area contributed by atoms with Crippen LogP contribution in [0.4, 0.5) is 0 Å². The lowest BCUT2D eigenvalue weighted by Crippen LogP contribution is -2.48. The number of nitrogens with one attached hydrogen (secondary N) is 2. The van der Waals surface area contributed by atoms with Crippen LogP contribution in [0.3, 0.4) is 0 Å². The SMILES string of the molecule is C[C@@H]1O[C@@H](NC(=S)NCc2ccccc2)C[C@H](C)O1. The maximum Gasteiger partial charge on any atom is 0.168 e. The molecule has 1 fully saturated rings. The van der Waals surface area contributed by atoms with Gasteiger partial charge in [0.05, 0.1) is 6.10 Å². The first-order valence-electron chi connectivity index (χ1n) is 6.52. The van der Waals surface area contributed by atoms with E-state index in [1.165, 1.54) is 5.56 Å². The van der Waals surface area contributed by atoms with Gasteiger partial charge in [-0.05, 0) is 31.6 Å². The predicted molar refractivity (Wildman–Crippen MR) is 78.5 cm³/mol. The number of hydrogen-bond donors (Lipinski definition) is 2. The number of hydrogen-bond acceptors (Lipinski definition) is 3. The van der Waals surface area contributed by atoms with Crippen molar-refractivity contribution in [2.75, 3.05) is 0 Å². The summed E-state index contributed by atoms with van der Waals surface area (Å²) in [5, 5.41) is 6.95. The molecule has 5 heteroatoms. The highest BCUT2D eigenvalue weighted by Crippen LogP contribution is 2.15. The Morgan fingerprint density at radius 3 is 2.68 bits per heavy atom. The van der Waals surface area contributed by atoms with Crippen molar-refractivity contribution in [2.45, 2.75) is 45.4 Å². The van der Waals surface area contributed by atoms with E-state index >= 15 is 0 Å². The van der Waals surface area contributed by atoms with Crippen LogP contribution in [-0.2, 0) is 16.0 Å². The van der Waals surface area contributed by atoms with Crippen molar-refractivity contribution in [1.82, 2.24) is 10.6 Å². The van der Waals surface area contributed by atoms with Gasteiger partial charge < -0.3 is 20.1 Å². The lowest BCUT2D eigenvalue weighted by molar-refractivity contribution is -0.232. The average molecular weight is 280 g/mol. The first-order valence-corrected chi connectivity index (χ1v) is 6.93. The molecule has 2 rings (SSSR count). The van der Waals surface area contributed by atoms with Crippen molar-refractivity contribution >= 4 is 17.3 Å². The van der Waals surface area contributed by atoms with Crippen LogP contribution < -0.4 is 10.6 Å². The zero-order valence-electron chi connectivity index (χ0n) is 11.3. The normalized spacial score (nSPS) is 26.7. The zero-order valence-corrected chi connectivity index (χ0v) is 12.1. The zero-order chi connectivity index (χ0) is 13.7. The van der Waals surface area contributed by atoms with E-state index in [4.69, 9.17) is 21.7 Å². The molecule has 19 heavy (non-hydrogen) atoms. The van der Waals surface area contributed by atoms with Crippen LogP contribution >= 0.6 is 12.2 Å². The van der Waals surface area contributed by atoms with E-state index in [2.05, 4.69) is 22.8 Å². The lowest BCUT2D eigenvalue weighted by atomic mass is 10.2. The molecule has 3 atom stereocenters. The predicted octanol–water partition coefficient (Wildman–Crippen LogP) is 2.15. The second kappa shape index (κ2) is 6.84. The Kier molecular flexibility index (Phi) is 5.13. The summed E-state index contributed by atoms with van der Waals surface area (Å²) in [5.41, 5.74) is 1.20. The van der Waals surface area contributed by atoms with E-state index in [0.29, 0.717) is 11.7 Å². The summed E-state index contributed by atoms with van der Waals surface area (Å²) in [5.74, 6) is 0. The molecule has 0 aliphatic carbocycles. The molecule has 1 aromatic rings. The van der Waals surface area contributed by atoms with Gasteiger partial charge in [0.25, 0.3) is 0 Å². The van der Waals surface area contributed by atoms with Crippen molar-refractivity contribution in [2.24, 2.45) is 0 Å². The third kappa shape index (κ3) is 4.78. The summed E-state index contributed by atoms with van der Waals surface area (Å²) in [4.78, 5) is 0. The molecule has 4 nitrogen and oxygen atoms in total. The summed E-state index contributed by atoms with van der Waals surface area (Å²) in [6, 6.07) is 10.1. The third-order valence-corrected chi connectivity index (χ3v) is 3.18. The van der Waals surface area contributed by atoms with Gasteiger partial charge in [-0.15, -0.1) is 0 Å². The van der Waals surface area contributed by atoms with Crippen molar-refractivity contribution in [1.29, 1.82) is 0 Å². The molecule has 0 saturated carbocycles. The van der Waals surface area contributed by atoms with Gasteiger partial charge in [0.1, 0.15) is 6.23 Å². The van der Waals surface area contributed by atoms with Crippen molar-refractivity contribution in [3.63, 3.8) is 0 Å². The first kappa shape index (κ1) is 14.2. The van der Waals surface area contributed by atoms with Gasteiger partial charge in [-0.1, -0.05) is 30.3 Å². The summed E-state index contributed by atoms with van der Waals surface area (Å²) < 4.78 is 11.1. The van der Waals surface area contributed by atoms with Crippen LogP contribution in [0.15, 0.2) is 30.3 Å². The summed E-state index contributed by atoms with van der Waals surface area (Å²) in [7, 11) is 0. The van der Waals surface area contributed by atoms with Crippen molar-refractivity contribution < 1.29 is 9.47 Å². The molecular weight excluding hydrogens is 260 g/mol. The molecular formula is C14H20N2O2S. The van der Waals surface area contributed by atoms with Crippen LogP contribution in [0.25, 0.3) is 0 Å². The summed E-state index contributed by atoms with van der Waals surface area (Å²) in [6.07, 6.45) is 0.684. The van der Waals surface area contributed by atoms with Crippen molar-refractivity contribution in [3.8, 4) is 0 Å². The number of rotatable bonds is 3. The largest absolute Gasteiger partial charge is 0.359 e. The van der Waals surface area contributed by atoms with E-state index in [-0.39, 0.29) is 18.6 Å². The summed E-state index contributed by atoms with van der Waals surface area (Å²) in [6.45, 7) is 4.64. The highest BCUT2D eigenvalue weighted by atomic mass is 32.1. The average Bonchev–Trinajstić information content (AvgIpc) is 2.36. The standard InChI is InChI=1S/C14H20N2O2S/c1-10-8-13(18-11(2)17-10)16-14(19)15-9-12-6-4-3-5-7-12/h3-7,10-11,13H,8-9H2,1-2H3,(H2,15,16,19)/t10-,11-,13+/m0/s1. The highest BCUT2D eigenvalue weighted by Gasteiger charge is 2.25. The van der Waals surface area contributed by atoms with Gasteiger partial charge in [-0.3, -0.25) is 0 Å². The Labute approximate surface area is 119 Å². The van der Waals surface area contributed by atoms with Crippen LogP contribution in [-0.4, -0.2) is 23.7 Å². The Hall–Kier alpha value is -1.17. The van der Waals surface area contributed by atoms with E-state index in [1.807, 2.05) is 32.0 Å². The van der Waals surface area contributed by atoms with Crippen LogP contribution in [0.1, 0.15) is 25.8 Å². The smallest absolute Gasteiger partial charge is 0.168 e. The van der Waals surface area contributed by atoms with E-state index in [0.717, 1.165) is 6.42 Å². The Balaban J connectivity index is 1.75. The summed E-state index contributed by atoms with van der Waals surface area (Å²) >= 11 is 5.27. The second-order valence-electron chi connectivity index (χ2n) is 4.69. The molecule has 1 aliphatic rings. The van der Waals surface area contributed by atoms with Crippen LogP contribution in [0, 0.1) is 0 Å². The van der Waals surface area contributed by atoms with Gasteiger partial charge in [0.2, 0.25) is 0 Å². The minimum atomic E-state index is -0.196. The second-order valence-corrected chi connectivity index (χ2v) is 5.10. The number of ether oxygens (including phenoxy) is 2. The fourth-order valence-corrected chi connectivity index (χ4v) is 2.28. The molecule has 1 aliphatic heterocycles. The molecule has 0 bridgehead atoms. The monoisotopic (exact) mass is 280 g/mol. The number of benzene rings is 1. The molecule has 1 saturated heterocycles. The Morgan fingerprint density at radius 2 is 2.00 bits per heavy atom. The fourth-order valence-electron chi connectivity index (χ4n) is 2.07. The Bertz CT molecular complexity index is 403. The molecule has 104 valence electrons. The highest BCUT2D eigenvalue weighted by molar-refractivity contribution is 7.80. The number of thiocarbonyl (C=S) groups is 1.